The molecule has 1 amide bonds. The maximum absolute atomic E-state index is 12.9. The Labute approximate surface area is 147 Å². The summed E-state index contributed by atoms with van der Waals surface area (Å²) in [5.41, 5.74) is 0.626. The number of piperazine rings is 1. The van der Waals surface area contributed by atoms with Gasteiger partial charge in [-0.2, -0.15) is 0 Å². The number of hydrogen-bond acceptors (Lipinski definition) is 7. The highest BCUT2D eigenvalue weighted by atomic mass is 16.4. The fraction of sp³-hybridized carbons (Fsp3) is 0.529. The van der Waals surface area contributed by atoms with Gasteiger partial charge in [0, 0.05) is 52.4 Å². The molecule has 2 aromatic heterocycles. The summed E-state index contributed by atoms with van der Waals surface area (Å²) in [4.78, 5) is 22.9. The van der Waals surface area contributed by atoms with Gasteiger partial charge in [-0.1, -0.05) is 18.9 Å². The van der Waals surface area contributed by atoms with Crippen LogP contribution < -0.4 is 9.80 Å². The van der Waals surface area contributed by atoms with Crippen molar-refractivity contribution in [3.8, 4) is 0 Å². The van der Waals surface area contributed by atoms with Crippen molar-refractivity contribution in [2.45, 2.75) is 19.8 Å². The quantitative estimate of drug-likeness (QED) is 0.834. The molecule has 1 saturated heterocycles. The van der Waals surface area contributed by atoms with Crippen LogP contribution in [0.15, 0.2) is 22.7 Å². The van der Waals surface area contributed by atoms with Crippen molar-refractivity contribution in [1.29, 1.82) is 0 Å². The van der Waals surface area contributed by atoms with Crippen LogP contribution in [0.1, 0.15) is 36.0 Å². The number of hydrogen-bond donors (Lipinski definition) is 0. The van der Waals surface area contributed by atoms with E-state index in [1.807, 2.05) is 48.7 Å². The van der Waals surface area contributed by atoms with Gasteiger partial charge in [0.2, 0.25) is 5.89 Å². The van der Waals surface area contributed by atoms with E-state index < -0.39 is 0 Å². The number of carbonyl (C=O) groups excluding carboxylic acids is 1. The van der Waals surface area contributed by atoms with E-state index in [0.29, 0.717) is 49.5 Å². The minimum absolute atomic E-state index is 0.00449. The lowest BCUT2D eigenvalue weighted by Crippen LogP contribution is -2.49. The van der Waals surface area contributed by atoms with E-state index in [1.54, 1.807) is 12.3 Å². The Morgan fingerprint density at radius 2 is 1.92 bits per heavy atom. The lowest BCUT2D eigenvalue weighted by molar-refractivity contribution is 0.0745. The largest absolute Gasteiger partial charge is 0.408 e. The fourth-order valence-electron chi connectivity index (χ4n) is 2.78. The zero-order chi connectivity index (χ0) is 18.0. The summed E-state index contributed by atoms with van der Waals surface area (Å²) in [6.07, 6.45) is 1.70. The SMILES string of the molecule is CC(C)c1nnc(N2CCN(C(=O)c3cccnc3N(C)C)CC2)o1. The number of aromatic nitrogens is 3. The molecule has 0 unspecified atom stereocenters. The molecular formula is C17H24N6O2. The Morgan fingerprint density at radius 3 is 2.52 bits per heavy atom. The molecule has 0 radical (unpaired) electrons. The Bertz CT molecular complexity index is 734. The fourth-order valence-corrected chi connectivity index (χ4v) is 2.78. The molecule has 3 rings (SSSR count). The second-order valence-electron chi connectivity index (χ2n) is 6.63. The molecule has 0 aliphatic carbocycles. The normalized spacial score (nSPS) is 14.9. The van der Waals surface area contributed by atoms with E-state index in [2.05, 4.69) is 15.2 Å². The maximum atomic E-state index is 12.9. The first-order valence-electron chi connectivity index (χ1n) is 8.47. The van der Waals surface area contributed by atoms with Gasteiger partial charge in [-0.3, -0.25) is 4.79 Å². The minimum Gasteiger partial charge on any atom is -0.408 e. The van der Waals surface area contributed by atoms with Gasteiger partial charge in [-0.05, 0) is 12.1 Å². The average Bonchev–Trinajstić information content (AvgIpc) is 3.11. The summed E-state index contributed by atoms with van der Waals surface area (Å²) in [7, 11) is 3.78. The third kappa shape index (κ3) is 3.57. The van der Waals surface area contributed by atoms with E-state index in [1.165, 1.54) is 0 Å². The van der Waals surface area contributed by atoms with Crippen LogP contribution in [0.2, 0.25) is 0 Å². The number of pyridine rings is 1. The Kier molecular flexibility index (Phi) is 4.87. The van der Waals surface area contributed by atoms with E-state index in [-0.39, 0.29) is 11.8 Å². The van der Waals surface area contributed by atoms with E-state index >= 15 is 0 Å². The minimum atomic E-state index is 0.00449. The van der Waals surface area contributed by atoms with Crippen LogP contribution in [0.25, 0.3) is 0 Å². The van der Waals surface area contributed by atoms with Crippen LogP contribution in [0.3, 0.4) is 0 Å². The highest BCUT2D eigenvalue weighted by Crippen LogP contribution is 2.21. The highest BCUT2D eigenvalue weighted by Gasteiger charge is 2.27. The summed E-state index contributed by atoms with van der Waals surface area (Å²) < 4.78 is 5.70. The van der Waals surface area contributed by atoms with Crippen LogP contribution in [0, 0.1) is 0 Å². The van der Waals surface area contributed by atoms with Gasteiger partial charge in [0.1, 0.15) is 5.82 Å². The first-order chi connectivity index (χ1) is 12.0. The molecule has 8 heteroatoms. The Morgan fingerprint density at radius 1 is 1.20 bits per heavy atom. The lowest BCUT2D eigenvalue weighted by Gasteiger charge is -2.34. The predicted octanol–water partition coefficient (Wildman–Crippen LogP) is 1.62. The zero-order valence-electron chi connectivity index (χ0n) is 15.1. The molecule has 0 N–H and O–H groups in total. The molecule has 25 heavy (non-hydrogen) atoms. The molecular weight excluding hydrogens is 320 g/mol. The Hall–Kier alpha value is -2.64. The van der Waals surface area contributed by atoms with Crippen molar-refractivity contribution in [3.63, 3.8) is 0 Å². The van der Waals surface area contributed by atoms with Crippen LogP contribution in [-0.4, -0.2) is 66.3 Å². The average molecular weight is 344 g/mol. The van der Waals surface area contributed by atoms with Gasteiger partial charge in [0.05, 0.1) is 5.56 Å². The molecule has 134 valence electrons. The maximum Gasteiger partial charge on any atom is 0.318 e. The van der Waals surface area contributed by atoms with Crippen LogP contribution in [-0.2, 0) is 0 Å². The van der Waals surface area contributed by atoms with Gasteiger partial charge < -0.3 is 19.1 Å². The molecule has 0 atom stereocenters. The summed E-state index contributed by atoms with van der Waals surface area (Å²) in [5.74, 6) is 1.54. The molecule has 3 heterocycles. The molecule has 1 aliphatic heterocycles. The summed E-state index contributed by atoms with van der Waals surface area (Å²) >= 11 is 0. The molecule has 1 fully saturated rings. The van der Waals surface area contributed by atoms with Crippen molar-refractivity contribution in [1.82, 2.24) is 20.1 Å². The highest BCUT2D eigenvalue weighted by molar-refractivity contribution is 5.99. The topological polar surface area (TPSA) is 78.6 Å². The molecule has 8 nitrogen and oxygen atoms in total. The monoisotopic (exact) mass is 344 g/mol. The number of rotatable bonds is 4. The number of carbonyl (C=O) groups is 1. The second-order valence-corrected chi connectivity index (χ2v) is 6.63. The smallest absolute Gasteiger partial charge is 0.318 e. The molecule has 0 aromatic carbocycles. The number of amides is 1. The molecule has 0 spiro atoms. The van der Waals surface area contributed by atoms with E-state index in [9.17, 15) is 4.79 Å². The third-order valence-corrected chi connectivity index (χ3v) is 4.20. The molecule has 2 aromatic rings. The summed E-state index contributed by atoms with van der Waals surface area (Å²) in [6.45, 7) is 6.60. The van der Waals surface area contributed by atoms with Crippen LogP contribution >= 0.6 is 0 Å². The number of anilines is 2. The second kappa shape index (κ2) is 7.08. The molecule has 1 aliphatic rings. The first-order valence-corrected chi connectivity index (χ1v) is 8.47. The van der Waals surface area contributed by atoms with Crippen molar-refractivity contribution in [2.75, 3.05) is 50.1 Å². The van der Waals surface area contributed by atoms with E-state index in [0.717, 1.165) is 0 Å². The van der Waals surface area contributed by atoms with Crippen molar-refractivity contribution in [3.05, 3.63) is 29.8 Å². The summed E-state index contributed by atoms with van der Waals surface area (Å²) in [5, 5.41) is 8.19. The van der Waals surface area contributed by atoms with Gasteiger partial charge in [0.15, 0.2) is 0 Å². The van der Waals surface area contributed by atoms with E-state index in [4.69, 9.17) is 4.42 Å². The van der Waals surface area contributed by atoms with Crippen molar-refractivity contribution in [2.24, 2.45) is 0 Å². The van der Waals surface area contributed by atoms with Crippen molar-refractivity contribution >= 4 is 17.7 Å². The Balaban J connectivity index is 1.67. The van der Waals surface area contributed by atoms with Gasteiger partial charge in [-0.25, -0.2) is 4.98 Å². The molecule has 0 bridgehead atoms. The standard InChI is InChI=1S/C17H24N6O2/c1-12(2)15-19-20-17(25-15)23-10-8-22(9-11-23)16(24)13-6-5-7-18-14(13)21(3)4/h5-7,12H,8-11H2,1-4H3. The van der Waals surface area contributed by atoms with Gasteiger partial charge in [-0.15, -0.1) is 5.10 Å². The van der Waals surface area contributed by atoms with Crippen LogP contribution in [0.4, 0.5) is 11.8 Å². The lowest BCUT2D eigenvalue weighted by atomic mass is 10.2. The summed E-state index contributed by atoms with van der Waals surface area (Å²) in [6, 6.07) is 4.15. The third-order valence-electron chi connectivity index (χ3n) is 4.20. The van der Waals surface area contributed by atoms with Crippen LogP contribution in [0.5, 0.6) is 0 Å². The molecule has 0 saturated carbocycles. The van der Waals surface area contributed by atoms with Gasteiger partial charge >= 0.3 is 6.01 Å². The number of nitrogens with zero attached hydrogens (tertiary/aromatic N) is 6. The van der Waals surface area contributed by atoms with Crippen molar-refractivity contribution < 1.29 is 9.21 Å². The van der Waals surface area contributed by atoms with Gasteiger partial charge in [0.25, 0.3) is 5.91 Å². The predicted molar refractivity (Wildman–Crippen MR) is 95.1 cm³/mol. The zero-order valence-corrected chi connectivity index (χ0v) is 15.1. The first kappa shape index (κ1) is 17.2.